The van der Waals surface area contributed by atoms with E-state index in [0.29, 0.717) is 24.3 Å². The van der Waals surface area contributed by atoms with Crippen LogP contribution in [0.25, 0.3) is 11.1 Å². The summed E-state index contributed by atoms with van der Waals surface area (Å²) in [6.07, 6.45) is 0.639. The number of carbonyl (C=O) groups is 2. The summed E-state index contributed by atoms with van der Waals surface area (Å²) in [7, 11) is 0. The molecule has 0 fully saturated rings. The number of esters is 2. The van der Waals surface area contributed by atoms with Gasteiger partial charge < -0.3 is 9.47 Å². The van der Waals surface area contributed by atoms with Crippen LogP contribution in [0, 0.1) is 13.8 Å². The molecule has 1 aliphatic rings. The van der Waals surface area contributed by atoms with E-state index in [-0.39, 0.29) is 11.9 Å². The molecule has 186 valence electrons. The number of hydrogen-bond acceptors (Lipinski definition) is 4. The van der Waals surface area contributed by atoms with Crippen molar-refractivity contribution in [2.24, 2.45) is 0 Å². The lowest BCUT2D eigenvalue weighted by molar-refractivity contribution is -0.134. The predicted molar refractivity (Wildman–Crippen MR) is 145 cm³/mol. The Labute approximate surface area is 217 Å². The Balaban J connectivity index is 1.78. The van der Waals surface area contributed by atoms with Crippen LogP contribution in [0.2, 0.25) is 0 Å². The summed E-state index contributed by atoms with van der Waals surface area (Å²) >= 11 is 0. The summed E-state index contributed by atoms with van der Waals surface area (Å²) in [5, 5.41) is 0. The van der Waals surface area contributed by atoms with E-state index in [9.17, 15) is 9.59 Å². The van der Waals surface area contributed by atoms with Crippen LogP contribution >= 0.6 is 0 Å². The average Bonchev–Trinajstić information content (AvgIpc) is 3.22. The van der Waals surface area contributed by atoms with Gasteiger partial charge in [-0.25, -0.2) is 0 Å². The third kappa shape index (κ3) is 4.03. The highest BCUT2D eigenvalue weighted by Crippen LogP contribution is 2.56. The van der Waals surface area contributed by atoms with Gasteiger partial charge in [-0.3, -0.25) is 9.59 Å². The van der Waals surface area contributed by atoms with Gasteiger partial charge in [0.1, 0.15) is 11.5 Å². The summed E-state index contributed by atoms with van der Waals surface area (Å²) in [4.78, 5) is 24.0. The largest absolute Gasteiger partial charge is 0.426 e. The molecule has 0 atom stereocenters. The fourth-order valence-electron chi connectivity index (χ4n) is 5.41. The number of benzene rings is 4. The Hall–Kier alpha value is -4.18. The van der Waals surface area contributed by atoms with Crippen molar-refractivity contribution in [1.29, 1.82) is 0 Å². The summed E-state index contributed by atoms with van der Waals surface area (Å²) in [6.45, 7) is 7.52. The molecular weight excluding hydrogens is 460 g/mol. The van der Waals surface area contributed by atoms with Crippen LogP contribution < -0.4 is 9.47 Å². The van der Waals surface area contributed by atoms with Crippen LogP contribution in [0.5, 0.6) is 11.5 Å². The van der Waals surface area contributed by atoms with Crippen LogP contribution in [-0.2, 0) is 15.0 Å². The van der Waals surface area contributed by atoms with Crippen LogP contribution in [0.15, 0.2) is 84.9 Å². The van der Waals surface area contributed by atoms with Gasteiger partial charge in [-0.15, -0.1) is 0 Å². The highest BCUT2D eigenvalue weighted by atomic mass is 16.5. The molecule has 37 heavy (non-hydrogen) atoms. The van der Waals surface area contributed by atoms with Gasteiger partial charge in [0.2, 0.25) is 0 Å². The Morgan fingerprint density at radius 2 is 1.03 bits per heavy atom. The third-order valence-electron chi connectivity index (χ3n) is 7.19. The highest BCUT2D eigenvalue weighted by Gasteiger charge is 2.46. The molecule has 0 saturated heterocycles. The zero-order chi connectivity index (χ0) is 26.2. The summed E-state index contributed by atoms with van der Waals surface area (Å²) in [5.74, 6) is 0.636. The van der Waals surface area contributed by atoms with Crippen molar-refractivity contribution in [2.75, 3.05) is 0 Å². The Bertz CT molecular complexity index is 1400. The van der Waals surface area contributed by atoms with Crippen molar-refractivity contribution < 1.29 is 19.1 Å². The smallest absolute Gasteiger partial charge is 0.310 e. The molecule has 4 nitrogen and oxygen atoms in total. The summed E-state index contributed by atoms with van der Waals surface area (Å²) in [5.41, 5.74) is 8.11. The first-order valence-electron chi connectivity index (χ1n) is 12.7. The molecule has 4 heteroatoms. The SMILES string of the molecule is CCC(=O)Oc1ccc(C2(c3ccc(OC(=O)CC)c(C)c3)c3ccccc3-c3ccccc32)cc1C. The minimum atomic E-state index is -0.594. The lowest BCUT2D eigenvalue weighted by Gasteiger charge is -2.34. The molecule has 0 saturated carbocycles. The second-order valence-electron chi connectivity index (χ2n) is 9.46. The lowest BCUT2D eigenvalue weighted by Crippen LogP contribution is -2.29. The van der Waals surface area contributed by atoms with E-state index in [1.165, 1.54) is 22.3 Å². The maximum atomic E-state index is 12.0. The normalized spacial score (nSPS) is 13.0. The fraction of sp³-hybridized carbons (Fsp3) is 0.212. The number of hydrogen-bond donors (Lipinski definition) is 0. The zero-order valence-electron chi connectivity index (χ0n) is 21.6. The van der Waals surface area contributed by atoms with Crippen LogP contribution in [0.1, 0.15) is 60.1 Å². The molecule has 4 aromatic rings. The maximum Gasteiger partial charge on any atom is 0.310 e. The topological polar surface area (TPSA) is 52.6 Å². The monoisotopic (exact) mass is 490 g/mol. The molecule has 0 spiro atoms. The molecule has 0 radical (unpaired) electrons. The second kappa shape index (κ2) is 9.70. The second-order valence-corrected chi connectivity index (χ2v) is 9.46. The number of carbonyl (C=O) groups excluding carboxylic acids is 2. The van der Waals surface area contributed by atoms with Gasteiger partial charge >= 0.3 is 11.9 Å². The van der Waals surface area contributed by atoms with Crippen molar-refractivity contribution in [3.63, 3.8) is 0 Å². The van der Waals surface area contributed by atoms with E-state index in [1.54, 1.807) is 13.8 Å². The molecule has 0 aromatic heterocycles. The number of rotatable bonds is 6. The minimum Gasteiger partial charge on any atom is -0.426 e. The van der Waals surface area contributed by atoms with Gasteiger partial charge in [0, 0.05) is 12.8 Å². The molecule has 0 unspecified atom stereocenters. The van der Waals surface area contributed by atoms with Gasteiger partial charge in [-0.2, -0.15) is 0 Å². The van der Waals surface area contributed by atoms with Crippen molar-refractivity contribution in [3.05, 3.63) is 118 Å². The van der Waals surface area contributed by atoms with E-state index in [2.05, 4.69) is 72.8 Å². The van der Waals surface area contributed by atoms with Crippen LogP contribution in [0.4, 0.5) is 0 Å². The Kier molecular flexibility index (Phi) is 6.43. The van der Waals surface area contributed by atoms with Gasteiger partial charge in [0.25, 0.3) is 0 Å². The van der Waals surface area contributed by atoms with Gasteiger partial charge in [0.05, 0.1) is 5.41 Å². The summed E-state index contributed by atoms with van der Waals surface area (Å²) in [6, 6.07) is 29.2. The minimum absolute atomic E-state index is 0.255. The zero-order valence-corrected chi connectivity index (χ0v) is 21.6. The first-order chi connectivity index (χ1) is 17.9. The molecular formula is C33H30O4. The molecule has 0 heterocycles. The average molecular weight is 491 g/mol. The van der Waals surface area contributed by atoms with E-state index in [0.717, 1.165) is 22.3 Å². The molecule has 1 aliphatic carbocycles. The first kappa shape index (κ1) is 24.5. The third-order valence-corrected chi connectivity index (χ3v) is 7.19. The van der Waals surface area contributed by atoms with Crippen LogP contribution in [0.3, 0.4) is 0 Å². The van der Waals surface area contributed by atoms with Crippen molar-refractivity contribution in [2.45, 2.75) is 46.0 Å². The van der Waals surface area contributed by atoms with E-state index in [1.807, 2.05) is 26.0 Å². The van der Waals surface area contributed by atoms with Crippen molar-refractivity contribution in [3.8, 4) is 22.6 Å². The number of ether oxygens (including phenoxy) is 2. The Morgan fingerprint density at radius 3 is 1.41 bits per heavy atom. The Morgan fingerprint density at radius 1 is 0.622 bits per heavy atom. The number of fused-ring (bicyclic) bond motifs is 3. The molecule has 4 aromatic carbocycles. The molecule has 5 rings (SSSR count). The first-order valence-corrected chi connectivity index (χ1v) is 12.7. The van der Waals surface area contributed by atoms with E-state index in [4.69, 9.17) is 9.47 Å². The lowest BCUT2D eigenvalue weighted by atomic mass is 9.67. The molecule has 0 bridgehead atoms. The quantitative estimate of drug-likeness (QED) is 0.185. The maximum absolute atomic E-state index is 12.0. The van der Waals surface area contributed by atoms with E-state index >= 15 is 0 Å². The van der Waals surface area contributed by atoms with Gasteiger partial charge in [0.15, 0.2) is 0 Å². The molecule has 0 N–H and O–H groups in total. The predicted octanol–water partition coefficient (Wildman–Crippen LogP) is 7.30. The van der Waals surface area contributed by atoms with Gasteiger partial charge in [-0.1, -0.05) is 86.6 Å². The van der Waals surface area contributed by atoms with Gasteiger partial charge in [-0.05, 0) is 70.5 Å². The fourth-order valence-corrected chi connectivity index (χ4v) is 5.41. The number of aryl methyl sites for hydroxylation is 2. The molecule has 0 aliphatic heterocycles. The van der Waals surface area contributed by atoms with E-state index < -0.39 is 5.41 Å². The standard InChI is InChI=1S/C33H30O4/c1-5-31(34)36-29-17-15-23(19-21(29)3)33(24-16-18-30(22(4)20-24)37-32(35)6-2)27-13-9-7-11-25(27)26-12-8-10-14-28(26)33/h7-20H,5-6H2,1-4H3. The highest BCUT2D eigenvalue weighted by molar-refractivity contribution is 5.86. The van der Waals surface area contributed by atoms with Crippen LogP contribution in [-0.4, -0.2) is 11.9 Å². The summed E-state index contributed by atoms with van der Waals surface area (Å²) < 4.78 is 11.2. The van der Waals surface area contributed by atoms with Crippen molar-refractivity contribution in [1.82, 2.24) is 0 Å². The molecule has 0 amide bonds. The van der Waals surface area contributed by atoms with Crippen molar-refractivity contribution >= 4 is 11.9 Å².